The Morgan fingerprint density at radius 2 is 1.59 bits per heavy atom. The molecule has 49 heavy (non-hydrogen) atoms. The predicted molar refractivity (Wildman–Crippen MR) is 195 cm³/mol. The molecule has 0 spiro atoms. The van der Waals surface area contributed by atoms with Gasteiger partial charge in [0.25, 0.3) is 0 Å². The van der Waals surface area contributed by atoms with Gasteiger partial charge in [-0.15, -0.1) is 0 Å². The van der Waals surface area contributed by atoms with Gasteiger partial charge in [-0.2, -0.15) is 0 Å². The molecule has 3 aliphatic heterocycles. The molecule has 5 heterocycles. The number of pyridine rings is 1. The highest BCUT2D eigenvalue weighted by atomic mass is 16.5. The molecule has 3 aliphatic rings. The molecule has 2 aromatic heterocycles. The first kappa shape index (κ1) is 35.1. The van der Waals surface area contributed by atoms with Gasteiger partial charge in [0.2, 0.25) is 0 Å². The number of aliphatic carboxylic acids is 1. The van der Waals surface area contributed by atoms with Crippen molar-refractivity contribution in [3.8, 4) is 11.1 Å². The lowest BCUT2D eigenvalue weighted by atomic mass is 9.81. The summed E-state index contributed by atoms with van der Waals surface area (Å²) in [6.07, 6.45) is 3.78. The number of carbonyl (C=O) groups is 1. The quantitative estimate of drug-likeness (QED) is 0.286. The molecule has 1 aromatic carbocycles. The third-order valence-electron chi connectivity index (χ3n) is 10.2. The van der Waals surface area contributed by atoms with Crippen LogP contribution in [-0.2, 0) is 27.2 Å². The molecular weight excluding hydrogens is 616 g/mol. The van der Waals surface area contributed by atoms with E-state index in [4.69, 9.17) is 14.5 Å². The van der Waals surface area contributed by atoms with Crippen LogP contribution in [0.25, 0.3) is 11.1 Å². The summed E-state index contributed by atoms with van der Waals surface area (Å²) >= 11 is 0. The largest absolute Gasteiger partial charge is 0.479 e. The highest BCUT2D eigenvalue weighted by molar-refractivity contribution is 5.88. The molecular formula is C39H54N6O4. The Balaban J connectivity index is 1.36. The Bertz CT molecular complexity index is 1680. The fourth-order valence-corrected chi connectivity index (χ4v) is 7.71. The lowest BCUT2D eigenvalue weighted by Crippen LogP contribution is -2.46. The topological polar surface area (TPSA) is 104 Å². The Hall–Kier alpha value is -3.76. The maximum atomic E-state index is 12.9. The van der Waals surface area contributed by atoms with Crippen molar-refractivity contribution in [3.63, 3.8) is 0 Å². The molecule has 6 rings (SSSR count). The van der Waals surface area contributed by atoms with Crippen molar-refractivity contribution in [1.29, 1.82) is 0 Å². The average molecular weight is 671 g/mol. The monoisotopic (exact) mass is 670 g/mol. The molecule has 0 saturated carbocycles. The van der Waals surface area contributed by atoms with E-state index in [-0.39, 0.29) is 17.6 Å². The summed E-state index contributed by atoms with van der Waals surface area (Å²) in [6.45, 7) is 23.5. The molecule has 3 atom stereocenters. The summed E-state index contributed by atoms with van der Waals surface area (Å²) in [5, 5.41) is 10.5. The van der Waals surface area contributed by atoms with Gasteiger partial charge >= 0.3 is 5.97 Å². The van der Waals surface area contributed by atoms with Crippen LogP contribution in [0, 0.1) is 19.3 Å². The summed E-state index contributed by atoms with van der Waals surface area (Å²) in [6, 6.07) is 8.82. The van der Waals surface area contributed by atoms with Crippen molar-refractivity contribution in [1.82, 2.24) is 15.0 Å². The average Bonchev–Trinajstić information content (AvgIpc) is 3.02. The fraction of sp³-hybridized carbons (Fsp3) is 0.590. The van der Waals surface area contributed by atoms with E-state index in [0.29, 0.717) is 11.3 Å². The normalized spacial score (nSPS) is 21.8. The van der Waals surface area contributed by atoms with Crippen LogP contribution in [0.2, 0.25) is 0 Å². The smallest absolute Gasteiger partial charge is 0.337 e. The van der Waals surface area contributed by atoms with E-state index < -0.39 is 17.7 Å². The van der Waals surface area contributed by atoms with Gasteiger partial charge in [-0.1, -0.05) is 32.0 Å². The highest BCUT2D eigenvalue weighted by Crippen LogP contribution is 2.45. The minimum Gasteiger partial charge on any atom is -0.479 e. The van der Waals surface area contributed by atoms with Gasteiger partial charge in [0, 0.05) is 67.8 Å². The SMILES string of the molecule is Cc1nc(C)c([C@H](OC(C)(C)C)C(=O)O)c(N2CCC(C)(C)CC2)c1-c1ccc2c(c1)CCN(c1cc(N3C[C@@H](C)O[C@@H](C)C3)ncn1)C2. The summed E-state index contributed by atoms with van der Waals surface area (Å²) in [4.78, 5) is 34.2. The van der Waals surface area contributed by atoms with E-state index >= 15 is 0 Å². The number of benzene rings is 1. The van der Waals surface area contributed by atoms with Gasteiger partial charge in [0.1, 0.15) is 18.0 Å². The van der Waals surface area contributed by atoms with Crippen LogP contribution in [0.5, 0.6) is 0 Å². The number of ether oxygens (including phenoxy) is 2. The maximum absolute atomic E-state index is 12.9. The summed E-state index contributed by atoms with van der Waals surface area (Å²) in [5.74, 6) is 0.878. The summed E-state index contributed by atoms with van der Waals surface area (Å²) in [7, 11) is 0. The molecule has 0 radical (unpaired) electrons. The second-order valence-corrected chi connectivity index (χ2v) is 16.1. The molecule has 10 heteroatoms. The van der Waals surface area contributed by atoms with Crippen molar-refractivity contribution in [2.75, 3.05) is 47.4 Å². The zero-order valence-corrected chi connectivity index (χ0v) is 30.8. The second kappa shape index (κ2) is 13.5. The first-order valence-electron chi connectivity index (χ1n) is 17.8. The van der Waals surface area contributed by atoms with Crippen LogP contribution in [0.1, 0.15) is 95.5 Å². The first-order valence-corrected chi connectivity index (χ1v) is 17.8. The highest BCUT2D eigenvalue weighted by Gasteiger charge is 2.37. The molecule has 0 bridgehead atoms. The number of morpholine rings is 1. The second-order valence-electron chi connectivity index (χ2n) is 16.1. The van der Waals surface area contributed by atoms with Crippen molar-refractivity contribution >= 4 is 23.3 Å². The molecule has 2 saturated heterocycles. The third-order valence-corrected chi connectivity index (χ3v) is 10.2. The van der Waals surface area contributed by atoms with E-state index in [1.165, 1.54) is 11.1 Å². The first-order chi connectivity index (χ1) is 23.1. The number of carboxylic acids is 1. The number of hydrogen-bond donors (Lipinski definition) is 1. The number of nitrogens with zero attached hydrogens (tertiary/aromatic N) is 6. The van der Waals surface area contributed by atoms with Crippen molar-refractivity contribution in [3.05, 3.63) is 58.7 Å². The Morgan fingerprint density at radius 3 is 2.22 bits per heavy atom. The van der Waals surface area contributed by atoms with Crippen LogP contribution in [-0.4, -0.2) is 76.6 Å². The van der Waals surface area contributed by atoms with Crippen LogP contribution >= 0.6 is 0 Å². The molecule has 2 fully saturated rings. The van der Waals surface area contributed by atoms with Crippen LogP contribution < -0.4 is 14.7 Å². The number of rotatable bonds is 7. The number of piperidine rings is 1. The molecule has 0 aliphatic carbocycles. The van der Waals surface area contributed by atoms with Crippen molar-refractivity contribution in [2.45, 2.75) is 112 Å². The number of hydrogen-bond acceptors (Lipinski definition) is 9. The van der Waals surface area contributed by atoms with E-state index in [0.717, 1.165) is 92.7 Å². The predicted octanol–water partition coefficient (Wildman–Crippen LogP) is 6.90. The van der Waals surface area contributed by atoms with Gasteiger partial charge in [0.05, 0.1) is 23.5 Å². The van der Waals surface area contributed by atoms with Gasteiger partial charge < -0.3 is 29.3 Å². The zero-order chi connectivity index (χ0) is 35.2. The number of aryl methyl sites for hydroxylation is 2. The Kier molecular flexibility index (Phi) is 9.67. The maximum Gasteiger partial charge on any atom is 0.337 e. The van der Waals surface area contributed by atoms with Gasteiger partial charge in [-0.3, -0.25) is 4.98 Å². The number of carboxylic acid groups (broad SMARTS) is 1. The molecule has 10 nitrogen and oxygen atoms in total. The minimum atomic E-state index is -1.13. The van der Waals surface area contributed by atoms with E-state index in [1.807, 2.05) is 34.6 Å². The van der Waals surface area contributed by atoms with Crippen molar-refractivity contribution in [2.24, 2.45) is 5.41 Å². The lowest BCUT2D eigenvalue weighted by molar-refractivity contribution is -0.160. The van der Waals surface area contributed by atoms with Gasteiger partial charge in [-0.25, -0.2) is 14.8 Å². The molecule has 0 unspecified atom stereocenters. The van der Waals surface area contributed by atoms with Crippen LogP contribution in [0.15, 0.2) is 30.6 Å². The Labute approximate surface area is 291 Å². The Morgan fingerprint density at radius 1 is 0.939 bits per heavy atom. The molecule has 1 N–H and O–H groups in total. The van der Waals surface area contributed by atoms with E-state index in [1.54, 1.807) is 6.33 Å². The van der Waals surface area contributed by atoms with E-state index in [2.05, 4.69) is 76.6 Å². The van der Waals surface area contributed by atoms with Gasteiger partial charge in [-0.05, 0) is 89.8 Å². The number of anilines is 3. The van der Waals surface area contributed by atoms with Crippen LogP contribution in [0.3, 0.4) is 0 Å². The van der Waals surface area contributed by atoms with Gasteiger partial charge in [0.15, 0.2) is 6.10 Å². The summed E-state index contributed by atoms with van der Waals surface area (Å²) in [5.41, 5.74) is 7.45. The fourth-order valence-electron chi connectivity index (χ4n) is 7.71. The molecule has 264 valence electrons. The minimum absolute atomic E-state index is 0.157. The molecule has 0 amide bonds. The summed E-state index contributed by atoms with van der Waals surface area (Å²) < 4.78 is 12.2. The third kappa shape index (κ3) is 7.70. The van der Waals surface area contributed by atoms with E-state index in [9.17, 15) is 9.90 Å². The molecule has 3 aromatic rings. The number of aromatic nitrogens is 3. The van der Waals surface area contributed by atoms with Crippen LogP contribution in [0.4, 0.5) is 17.3 Å². The lowest BCUT2D eigenvalue weighted by Gasteiger charge is -2.41. The number of fused-ring (bicyclic) bond motifs is 1. The standard InChI is InChI=1S/C39H54N6O4/c1-24-20-45(21-25(2)48-24)32-19-31(40-23-41-32)44-15-12-28-18-29(10-11-30(28)22-44)33-26(3)42-27(4)34(36(37(46)47)49-38(5,6)7)35(33)43-16-13-39(8,9)14-17-43/h10-11,18-19,23-25,36H,12-17,20-22H2,1-9H3,(H,46,47)/t24-,25+,36-/m0/s1. The zero-order valence-electron chi connectivity index (χ0n) is 30.8. The van der Waals surface area contributed by atoms with Crippen molar-refractivity contribution < 1.29 is 19.4 Å².